The molecule has 1 aliphatic carbocycles. The summed E-state index contributed by atoms with van der Waals surface area (Å²) < 4.78 is 2.88. The van der Waals surface area contributed by atoms with Crippen molar-refractivity contribution in [2.75, 3.05) is 0 Å². The van der Waals surface area contributed by atoms with Crippen LogP contribution in [0.5, 0.6) is 0 Å². The Morgan fingerprint density at radius 3 is 2.71 bits per heavy atom. The molecule has 24 heavy (non-hydrogen) atoms. The standard InChI is InChI=1S/C17H21BrN4O2/c1-12(23)21-17(7-3-2-4-8-17)16(24)19-9-14-11-22-10-13(18)5-6-15(22)20-14/h5-6,10-11H,2-4,7-9H2,1H3,(H,19,24)(H,21,23). The van der Waals surface area contributed by atoms with Crippen molar-refractivity contribution >= 4 is 33.4 Å². The molecule has 2 N–H and O–H groups in total. The summed E-state index contributed by atoms with van der Waals surface area (Å²) in [4.78, 5) is 28.8. The zero-order chi connectivity index (χ0) is 17.2. The summed E-state index contributed by atoms with van der Waals surface area (Å²) in [7, 11) is 0. The Balaban J connectivity index is 1.71. The molecule has 7 heteroatoms. The van der Waals surface area contributed by atoms with E-state index in [-0.39, 0.29) is 11.8 Å². The van der Waals surface area contributed by atoms with Gasteiger partial charge in [0.2, 0.25) is 11.8 Å². The van der Waals surface area contributed by atoms with Crippen molar-refractivity contribution in [3.8, 4) is 0 Å². The highest BCUT2D eigenvalue weighted by molar-refractivity contribution is 9.10. The Kier molecular flexibility index (Phi) is 4.89. The molecular weight excluding hydrogens is 372 g/mol. The average molecular weight is 393 g/mol. The summed E-state index contributed by atoms with van der Waals surface area (Å²) >= 11 is 3.43. The van der Waals surface area contributed by atoms with Gasteiger partial charge in [-0.1, -0.05) is 19.3 Å². The number of aromatic nitrogens is 2. The SMILES string of the molecule is CC(=O)NC1(C(=O)NCc2cn3cc(Br)ccc3n2)CCCCC1. The predicted octanol–water partition coefficient (Wildman–Crippen LogP) is 2.55. The first-order valence-corrected chi connectivity index (χ1v) is 8.98. The van der Waals surface area contributed by atoms with E-state index in [2.05, 4.69) is 31.5 Å². The van der Waals surface area contributed by atoms with Gasteiger partial charge in [-0.2, -0.15) is 0 Å². The maximum Gasteiger partial charge on any atom is 0.246 e. The number of halogens is 1. The van der Waals surface area contributed by atoms with Gasteiger partial charge in [-0.25, -0.2) is 4.98 Å². The van der Waals surface area contributed by atoms with Crippen LogP contribution in [0.2, 0.25) is 0 Å². The quantitative estimate of drug-likeness (QED) is 0.839. The normalized spacial score (nSPS) is 16.8. The monoisotopic (exact) mass is 392 g/mol. The van der Waals surface area contributed by atoms with Crippen LogP contribution in [0.4, 0.5) is 0 Å². The topological polar surface area (TPSA) is 75.5 Å². The largest absolute Gasteiger partial charge is 0.348 e. The van der Waals surface area contributed by atoms with Gasteiger partial charge in [0.25, 0.3) is 0 Å². The molecule has 1 saturated carbocycles. The van der Waals surface area contributed by atoms with Crippen LogP contribution in [0.3, 0.4) is 0 Å². The molecule has 0 unspecified atom stereocenters. The van der Waals surface area contributed by atoms with Gasteiger partial charge in [-0.15, -0.1) is 0 Å². The highest BCUT2D eigenvalue weighted by atomic mass is 79.9. The molecule has 0 atom stereocenters. The van der Waals surface area contributed by atoms with E-state index in [9.17, 15) is 9.59 Å². The number of amides is 2. The van der Waals surface area contributed by atoms with Crippen LogP contribution in [0.1, 0.15) is 44.7 Å². The van der Waals surface area contributed by atoms with Gasteiger partial charge in [0, 0.05) is 23.8 Å². The molecule has 3 rings (SSSR count). The van der Waals surface area contributed by atoms with E-state index in [1.807, 2.05) is 28.9 Å². The van der Waals surface area contributed by atoms with Crippen LogP contribution in [0, 0.1) is 0 Å². The van der Waals surface area contributed by atoms with Crippen LogP contribution in [0.15, 0.2) is 29.0 Å². The van der Waals surface area contributed by atoms with E-state index >= 15 is 0 Å². The molecule has 6 nitrogen and oxygen atoms in total. The smallest absolute Gasteiger partial charge is 0.246 e. The molecule has 128 valence electrons. The van der Waals surface area contributed by atoms with E-state index in [4.69, 9.17) is 0 Å². The summed E-state index contributed by atoms with van der Waals surface area (Å²) in [6.45, 7) is 1.81. The molecule has 0 aromatic carbocycles. The Hall–Kier alpha value is -1.89. The molecule has 0 spiro atoms. The number of carbonyl (C=O) groups is 2. The van der Waals surface area contributed by atoms with E-state index in [1.165, 1.54) is 6.92 Å². The lowest BCUT2D eigenvalue weighted by molar-refractivity contribution is -0.134. The van der Waals surface area contributed by atoms with Gasteiger partial charge in [0.15, 0.2) is 0 Å². The first-order chi connectivity index (χ1) is 11.5. The predicted molar refractivity (Wildman–Crippen MR) is 94.4 cm³/mol. The number of carbonyl (C=O) groups excluding carboxylic acids is 2. The van der Waals surface area contributed by atoms with Gasteiger partial charge in [0.05, 0.1) is 12.2 Å². The molecule has 2 heterocycles. The molecule has 2 aromatic heterocycles. The van der Waals surface area contributed by atoms with Gasteiger partial charge >= 0.3 is 0 Å². The zero-order valence-corrected chi connectivity index (χ0v) is 15.2. The summed E-state index contributed by atoms with van der Waals surface area (Å²) in [6, 6.07) is 3.84. The number of fused-ring (bicyclic) bond motifs is 1. The second-order valence-electron chi connectivity index (χ2n) is 6.35. The second-order valence-corrected chi connectivity index (χ2v) is 7.27. The fraction of sp³-hybridized carbons (Fsp3) is 0.471. The molecular formula is C17H21BrN4O2. The zero-order valence-electron chi connectivity index (χ0n) is 13.6. The minimum absolute atomic E-state index is 0.115. The van der Waals surface area contributed by atoms with E-state index in [0.29, 0.717) is 19.4 Å². The number of nitrogens with zero attached hydrogens (tertiary/aromatic N) is 2. The lowest BCUT2D eigenvalue weighted by Crippen LogP contribution is -2.59. The third kappa shape index (κ3) is 3.61. The number of rotatable bonds is 4. The summed E-state index contributed by atoms with van der Waals surface area (Å²) in [5.74, 6) is -0.278. The highest BCUT2D eigenvalue weighted by Gasteiger charge is 2.40. The fourth-order valence-electron chi connectivity index (χ4n) is 3.34. The number of nitrogens with one attached hydrogen (secondary N) is 2. The molecule has 0 aliphatic heterocycles. The van der Waals surface area contributed by atoms with Crippen molar-refractivity contribution in [2.24, 2.45) is 0 Å². The minimum atomic E-state index is -0.772. The van der Waals surface area contributed by atoms with Crippen LogP contribution >= 0.6 is 15.9 Å². The summed E-state index contributed by atoms with van der Waals surface area (Å²) in [6.07, 6.45) is 8.22. The Labute approximate surface area is 149 Å². The highest BCUT2D eigenvalue weighted by Crippen LogP contribution is 2.28. The third-order valence-corrected chi connectivity index (χ3v) is 4.92. The Bertz CT molecular complexity index is 765. The van der Waals surface area contributed by atoms with E-state index < -0.39 is 5.54 Å². The molecule has 2 amide bonds. The Morgan fingerprint density at radius 1 is 1.25 bits per heavy atom. The second kappa shape index (κ2) is 6.93. The van der Waals surface area contributed by atoms with Crippen LogP contribution < -0.4 is 10.6 Å². The van der Waals surface area contributed by atoms with Gasteiger partial charge < -0.3 is 15.0 Å². The third-order valence-electron chi connectivity index (χ3n) is 4.45. The van der Waals surface area contributed by atoms with Gasteiger partial charge in [-0.05, 0) is 40.9 Å². The first kappa shape index (κ1) is 17.0. The van der Waals surface area contributed by atoms with E-state index in [1.54, 1.807) is 0 Å². The van der Waals surface area contributed by atoms with Gasteiger partial charge in [-0.3, -0.25) is 9.59 Å². The first-order valence-electron chi connectivity index (χ1n) is 8.19. The van der Waals surface area contributed by atoms with E-state index in [0.717, 1.165) is 35.1 Å². The van der Waals surface area contributed by atoms with Crippen LogP contribution in [-0.4, -0.2) is 26.7 Å². The molecule has 0 radical (unpaired) electrons. The number of pyridine rings is 1. The molecule has 1 aliphatic rings. The minimum Gasteiger partial charge on any atom is -0.348 e. The molecule has 2 aromatic rings. The van der Waals surface area contributed by atoms with Crippen molar-refractivity contribution in [2.45, 2.75) is 51.1 Å². The van der Waals surface area contributed by atoms with Crippen molar-refractivity contribution in [3.63, 3.8) is 0 Å². The van der Waals surface area contributed by atoms with Gasteiger partial charge in [0.1, 0.15) is 11.2 Å². The fourth-order valence-corrected chi connectivity index (χ4v) is 3.70. The number of hydrogen-bond donors (Lipinski definition) is 2. The van der Waals surface area contributed by atoms with Crippen LogP contribution in [0.25, 0.3) is 5.65 Å². The number of imidazole rings is 1. The molecule has 0 bridgehead atoms. The maximum atomic E-state index is 12.7. The average Bonchev–Trinajstić information content (AvgIpc) is 2.94. The summed E-state index contributed by atoms with van der Waals surface area (Å²) in [5.41, 5.74) is 0.846. The van der Waals surface area contributed by atoms with Crippen molar-refractivity contribution in [1.29, 1.82) is 0 Å². The van der Waals surface area contributed by atoms with Crippen LogP contribution in [-0.2, 0) is 16.1 Å². The van der Waals surface area contributed by atoms with Crippen molar-refractivity contribution in [3.05, 3.63) is 34.7 Å². The van der Waals surface area contributed by atoms with Crippen molar-refractivity contribution in [1.82, 2.24) is 20.0 Å². The lowest BCUT2D eigenvalue weighted by atomic mass is 9.80. The molecule has 1 fully saturated rings. The van der Waals surface area contributed by atoms with Crippen molar-refractivity contribution < 1.29 is 9.59 Å². The molecule has 0 saturated heterocycles. The Morgan fingerprint density at radius 2 is 2.00 bits per heavy atom. The maximum absolute atomic E-state index is 12.7. The number of hydrogen-bond acceptors (Lipinski definition) is 3. The summed E-state index contributed by atoms with van der Waals surface area (Å²) in [5, 5.41) is 5.83. The lowest BCUT2D eigenvalue weighted by Gasteiger charge is -2.36.